The number of thiophene rings is 1. The minimum atomic E-state index is -0.324. The average molecular weight is 363 g/mol. The molecule has 4 heterocycles. The Morgan fingerprint density at radius 2 is 2.15 bits per heavy atom. The van der Waals surface area contributed by atoms with E-state index in [0.717, 1.165) is 34.8 Å². The first-order valence-corrected chi connectivity index (χ1v) is 9.36. The van der Waals surface area contributed by atoms with Crippen molar-refractivity contribution in [2.24, 2.45) is 5.10 Å². The van der Waals surface area contributed by atoms with Gasteiger partial charge in [-0.25, -0.2) is 5.01 Å². The van der Waals surface area contributed by atoms with E-state index < -0.39 is 0 Å². The molecule has 0 radical (unpaired) electrons. The van der Waals surface area contributed by atoms with Gasteiger partial charge >= 0.3 is 0 Å². The second-order valence-electron chi connectivity index (χ2n) is 6.26. The number of hydrogen-bond acceptors (Lipinski definition) is 6. The highest BCUT2D eigenvalue weighted by atomic mass is 32.1. The first-order chi connectivity index (χ1) is 12.8. The zero-order chi connectivity index (χ0) is 17.5. The molecular weight excluding hydrogens is 346 g/mol. The number of hydrogen-bond donors (Lipinski definition) is 0. The number of methoxy groups -OCH3 is 1. The van der Waals surface area contributed by atoms with Crippen LogP contribution in [0.1, 0.15) is 34.7 Å². The summed E-state index contributed by atoms with van der Waals surface area (Å²) in [5.41, 5.74) is 3.18. The number of aromatic nitrogens is 1. The van der Waals surface area contributed by atoms with Crippen LogP contribution >= 0.6 is 11.3 Å². The number of hydrazone groups is 1. The smallest absolute Gasteiger partial charge is 0.215 e. The Bertz CT molecular complexity index is 956. The van der Waals surface area contributed by atoms with Gasteiger partial charge in [0.1, 0.15) is 0 Å². The summed E-state index contributed by atoms with van der Waals surface area (Å²) >= 11 is 1.72. The van der Waals surface area contributed by atoms with Crippen molar-refractivity contribution in [2.45, 2.75) is 18.7 Å². The molecule has 1 aromatic carbocycles. The van der Waals surface area contributed by atoms with E-state index in [-0.39, 0.29) is 12.3 Å². The zero-order valence-corrected chi connectivity index (χ0v) is 15.0. The fraction of sp³-hybridized carbons (Fsp3) is 0.200. The molecule has 0 bridgehead atoms. The van der Waals surface area contributed by atoms with Crippen molar-refractivity contribution >= 4 is 17.0 Å². The van der Waals surface area contributed by atoms with Crippen LogP contribution in [0, 0.1) is 0 Å². The highest BCUT2D eigenvalue weighted by molar-refractivity contribution is 7.12. The van der Waals surface area contributed by atoms with E-state index in [1.54, 1.807) is 24.6 Å². The van der Waals surface area contributed by atoms with E-state index in [0.29, 0.717) is 0 Å². The largest absolute Gasteiger partial charge is 0.493 e. The van der Waals surface area contributed by atoms with Crippen molar-refractivity contribution in [1.29, 1.82) is 0 Å². The molecule has 5 nitrogen and oxygen atoms in total. The van der Waals surface area contributed by atoms with Crippen LogP contribution in [0.2, 0.25) is 0 Å². The van der Waals surface area contributed by atoms with Crippen LogP contribution in [0.5, 0.6) is 11.5 Å². The van der Waals surface area contributed by atoms with E-state index in [1.165, 1.54) is 4.88 Å². The summed E-state index contributed by atoms with van der Waals surface area (Å²) in [6, 6.07) is 14.3. The topological polar surface area (TPSA) is 47.0 Å². The molecule has 0 saturated carbocycles. The Kier molecular flexibility index (Phi) is 3.64. The van der Waals surface area contributed by atoms with Crippen molar-refractivity contribution in [2.75, 3.05) is 7.11 Å². The maximum atomic E-state index is 6.38. The summed E-state index contributed by atoms with van der Waals surface area (Å²) in [7, 11) is 1.67. The van der Waals surface area contributed by atoms with Gasteiger partial charge in [-0.3, -0.25) is 4.98 Å². The Balaban J connectivity index is 1.64. The monoisotopic (exact) mass is 363 g/mol. The van der Waals surface area contributed by atoms with E-state index in [1.807, 2.05) is 30.5 Å². The van der Waals surface area contributed by atoms with Crippen LogP contribution in [0.15, 0.2) is 65.3 Å². The Labute approximate surface area is 155 Å². The van der Waals surface area contributed by atoms with Crippen molar-refractivity contribution in [3.63, 3.8) is 0 Å². The van der Waals surface area contributed by atoms with Gasteiger partial charge in [0.25, 0.3) is 0 Å². The second-order valence-corrected chi connectivity index (χ2v) is 7.21. The van der Waals surface area contributed by atoms with Crippen LogP contribution in [0.4, 0.5) is 0 Å². The Morgan fingerprint density at radius 3 is 2.92 bits per heavy atom. The lowest BCUT2D eigenvalue weighted by atomic mass is 9.97. The molecule has 0 aliphatic carbocycles. The minimum absolute atomic E-state index is 0.121. The molecule has 2 unspecified atom stereocenters. The van der Waals surface area contributed by atoms with Crippen molar-refractivity contribution in [1.82, 2.24) is 9.99 Å². The van der Waals surface area contributed by atoms with Crippen LogP contribution in [-0.4, -0.2) is 22.8 Å². The van der Waals surface area contributed by atoms with Crippen LogP contribution < -0.4 is 9.47 Å². The van der Waals surface area contributed by atoms with Gasteiger partial charge < -0.3 is 9.47 Å². The van der Waals surface area contributed by atoms with Crippen molar-refractivity contribution < 1.29 is 9.47 Å². The van der Waals surface area contributed by atoms with Crippen LogP contribution in [-0.2, 0) is 0 Å². The third-order valence-corrected chi connectivity index (χ3v) is 5.69. The second kappa shape index (κ2) is 6.14. The van der Waals surface area contributed by atoms with Gasteiger partial charge in [0.05, 0.1) is 23.7 Å². The summed E-state index contributed by atoms with van der Waals surface area (Å²) in [5, 5.41) is 9.08. The number of pyridine rings is 1. The van der Waals surface area contributed by atoms with E-state index in [9.17, 15) is 0 Å². The van der Waals surface area contributed by atoms with E-state index in [4.69, 9.17) is 14.6 Å². The lowest BCUT2D eigenvalue weighted by molar-refractivity contribution is -0.0211. The van der Waals surface area contributed by atoms with Gasteiger partial charge in [-0.2, -0.15) is 5.10 Å². The van der Waals surface area contributed by atoms with E-state index in [2.05, 4.69) is 33.6 Å². The Morgan fingerprint density at radius 1 is 1.19 bits per heavy atom. The first-order valence-electron chi connectivity index (χ1n) is 8.48. The molecule has 0 N–H and O–H groups in total. The molecule has 2 atom stereocenters. The molecule has 130 valence electrons. The van der Waals surface area contributed by atoms with Crippen molar-refractivity contribution in [3.05, 3.63) is 76.2 Å². The molecule has 2 aliphatic rings. The molecule has 2 aromatic heterocycles. The van der Waals surface area contributed by atoms with Gasteiger partial charge in [-0.15, -0.1) is 11.3 Å². The number of ether oxygens (including phenoxy) is 2. The van der Waals surface area contributed by atoms with Gasteiger partial charge in [0.15, 0.2) is 11.5 Å². The Hall–Kier alpha value is -2.86. The molecule has 0 fully saturated rings. The molecule has 0 amide bonds. The summed E-state index contributed by atoms with van der Waals surface area (Å²) in [5.74, 6) is 1.55. The predicted octanol–water partition coefficient (Wildman–Crippen LogP) is 4.39. The van der Waals surface area contributed by atoms with Gasteiger partial charge in [-0.05, 0) is 23.6 Å². The fourth-order valence-corrected chi connectivity index (χ4v) is 4.30. The SMILES string of the molecule is COc1cccc2c1OC(c1cccnc1)N1N=C(c3cccs3)CC21. The summed E-state index contributed by atoms with van der Waals surface area (Å²) in [6.07, 6.45) is 4.12. The predicted molar refractivity (Wildman–Crippen MR) is 101 cm³/mol. The maximum Gasteiger partial charge on any atom is 0.215 e. The number of nitrogens with zero attached hydrogens (tertiary/aromatic N) is 3. The number of benzene rings is 1. The summed E-state index contributed by atoms with van der Waals surface area (Å²) in [6.45, 7) is 0. The summed E-state index contributed by atoms with van der Waals surface area (Å²) < 4.78 is 11.9. The first kappa shape index (κ1) is 15.4. The quantitative estimate of drug-likeness (QED) is 0.692. The lowest BCUT2D eigenvalue weighted by Crippen LogP contribution is -2.33. The van der Waals surface area contributed by atoms with Crippen LogP contribution in [0.25, 0.3) is 0 Å². The van der Waals surface area contributed by atoms with E-state index >= 15 is 0 Å². The molecule has 0 saturated heterocycles. The summed E-state index contributed by atoms with van der Waals surface area (Å²) in [4.78, 5) is 5.46. The molecule has 0 spiro atoms. The fourth-order valence-electron chi connectivity index (χ4n) is 3.58. The van der Waals surface area contributed by atoms with Crippen LogP contribution in [0.3, 0.4) is 0 Å². The molecule has 3 aromatic rings. The number of fused-ring (bicyclic) bond motifs is 3. The number of para-hydroxylation sites is 1. The van der Waals surface area contributed by atoms with Crippen molar-refractivity contribution in [3.8, 4) is 11.5 Å². The lowest BCUT2D eigenvalue weighted by Gasteiger charge is -2.38. The molecular formula is C20H17N3O2S. The average Bonchev–Trinajstić information content (AvgIpc) is 3.37. The highest BCUT2D eigenvalue weighted by Gasteiger charge is 2.42. The molecule has 6 heteroatoms. The molecule has 5 rings (SSSR count). The normalized spacial score (nSPS) is 20.8. The van der Waals surface area contributed by atoms with Gasteiger partial charge in [0, 0.05) is 29.9 Å². The molecule has 26 heavy (non-hydrogen) atoms. The maximum absolute atomic E-state index is 6.38. The van der Waals surface area contributed by atoms with Gasteiger partial charge in [0.2, 0.25) is 6.23 Å². The minimum Gasteiger partial charge on any atom is -0.493 e. The zero-order valence-electron chi connectivity index (χ0n) is 14.2. The third kappa shape index (κ3) is 2.37. The number of rotatable bonds is 3. The highest BCUT2D eigenvalue weighted by Crippen LogP contribution is 2.50. The third-order valence-electron chi connectivity index (χ3n) is 4.78. The standard InChI is InChI=1S/C20H17N3O2S/c1-24-17-7-2-6-14-16-11-15(18-8-4-10-26-18)22-23(16)20(25-19(14)17)13-5-3-9-21-12-13/h2-10,12,16,20H,11H2,1H3. The molecule has 2 aliphatic heterocycles. The van der Waals surface area contributed by atoms with Gasteiger partial charge in [-0.1, -0.05) is 24.3 Å².